The minimum atomic E-state index is -3.63. The van der Waals surface area contributed by atoms with Crippen molar-refractivity contribution in [1.82, 2.24) is 20.2 Å². The van der Waals surface area contributed by atoms with E-state index in [9.17, 15) is 12.8 Å². The van der Waals surface area contributed by atoms with Crippen LogP contribution in [0.25, 0.3) is 5.69 Å². The van der Waals surface area contributed by atoms with E-state index in [1.165, 1.54) is 13.0 Å². The van der Waals surface area contributed by atoms with E-state index >= 15 is 0 Å². The zero-order chi connectivity index (χ0) is 14.9. The van der Waals surface area contributed by atoms with Gasteiger partial charge in [-0.3, -0.25) is 4.18 Å². The summed E-state index contributed by atoms with van der Waals surface area (Å²) in [5.41, 5.74) is 0.969. The van der Waals surface area contributed by atoms with Crippen molar-refractivity contribution >= 4 is 10.1 Å². The molecule has 0 radical (unpaired) electrons. The van der Waals surface area contributed by atoms with Gasteiger partial charge in [0, 0.05) is 0 Å². The Balaban J connectivity index is 2.31. The Morgan fingerprint density at radius 3 is 2.75 bits per heavy atom. The third-order valence-electron chi connectivity index (χ3n) is 2.43. The number of aromatic nitrogens is 4. The summed E-state index contributed by atoms with van der Waals surface area (Å²) in [5.74, 6) is -0.451. The predicted molar refractivity (Wildman–Crippen MR) is 68.2 cm³/mol. The van der Waals surface area contributed by atoms with E-state index in [0.29, 0.717) is 0 Å². The van der Waals surface area contributed by atoms with E-state index in [-0.39, 0.29) is 11.5 Å². The Kier molecular flexibility index (Phi) is 3.82. The Bertz CT molecular complexity index is 729. The number of tetrazole rings is 1. The minimum Gasteiger partial charge on any atom is -0.259 e. The third kappa shape index (κ3) is 3.36. The molecule has 0 fully saturated rings. The van der Waals surface area contributed by atoms with Gasteiger partial charge in [-0.15, -0.1) is 15.0 Å². The van der Waals surface area contributed by atoms with E-state index in [4.69, 9.17) is 4.18 Å². The van der Waals surface area contributed by atoms with Gasteiger partial charge < -0.3 is 0 Å². The SMILES string of the molecule is Cc1ccc(F)c(-n2nnc(C(C)OS(C)(=O)=O)n2)c1. The highest BCUT2D eigenvalue weighted by molar-refractivity contribution is 7.86. The Labute approximate surface area is 115 Å². The first-order valence-electron chi connectivity index (χ1n) is 5.71. The molecule has 0 spiro atoms. The van der Waals surface area contributed by atoms with Gasteiger partial charge in [-0.05, 0) is 36.8 Å². The molecule has 1 heterocycles. The summed E-state index contributed by atoms with van der Waals surface area (Å²) in [4.78, 5) is 1.000. The Morgan fingerprint density at radius 1 is 1.40 bits per heavy atom. The van der Waals surface area contributed by atoms with Gasteiger partial charge in [-0.25, -0.2) is 4.39 Å². The molecule has 2 rings (SSSR count). The molecule has 0 N–H and O–H groups in total. The van der Waals surface area contributed by atoms with Gasteiger partial charge in [0.25, 0.3) is 10.1 Å². The smallest absolute Gasteiger partial charge is 0.259 e. The molecule has 0 aliphatic rings. The fourth-order valence-electron chi connectivity index (χ4n) is 1.57. The highest BCUT2D eigenvalue weighted by Gasteiger charge is 2.19. The van der Waals surface area contributed by atoms with Crippen LogP contribution in [0.2, 0.25) is 0 Å². The Hall–Kier alpha value is -1.87. The van der Waals surface area contributed by atoms with Crippen LogP contribution in [0.4, 0.5) is 4.39 Å². The van der Waals surface area contributed by atoms with Gasteiger partial charge in [0.2, 0.25) is 5.82 Å². The molecule has 1 atom stereocenters. The number of aryl methyl sites for hydroxylation is 1. The maximum Gasteiger partial charge on any atom is 0.265 e. The molecule has 108 valence electrons. The van der Waals surface area contributed by atoms with Crippen LogP contribution in [0.1, 0.15) is 24.4 Å². The molecular weight excluding hydrogens is 287 g/mol. The van der Waals surface area contributed by atoms with Gasteiger partial charge in [-0.1, -0.05) is 6.07 Å². The number of hydrogen-bond donors (Lipinski definition) is 0. The summed E-state index contributed by atoms with van der Waals surface area (Å²) in [7, 11) is -3.63. The normalized spacial score (nSPS) is 13.4. The summed E-state index contributed by atoms with van der Waals surface area (Å²) in [6.45, 7) is 3.27. The first-order chi connectivity index (χ1) is 9.26. The average molecular weight is 300 g/mol. The lowest BCUT2D eigenvalue weighted by Crippen LogP contribution is -2.09. The zero-order valence-electron chi connectivity index (χ0n) is 11.1. The second kappa shape index (κ2) is 5.25. The highest BCUT2D eigenvalue weighted by Crippen LogP contribution is 2.16. The third-order valence-corrected chi connectivity index (χ3v) is 3.07. The van der Waals surface area contributed by atoms with Crippen molar-refractivity contribution in [3.63, 3.8) is 0 Å². The molecule has 1 aromatic heterocycles. The van der Waals surface area contributed by atoms with Crippen LogP contribution in [0.3, 0.4) is 0 Å². The van der Waals surface area contributed by atoms with Gasteiger partial charge in [-0.2, -0.15) is 8.42 Å². The standard InChI is InChI=1S/C11H13FN4O3S/c1-7-4-5-9(12)10(6-7)16-14-11(13-15-16)8(2)19-20(3,17)18/h4-6,8H,1-3H3. The number of benzene rings is 1. The molecule has 9 heteroatoms. The molecule has 20 heavy (non-hydrogen) atoms. The molecule has 0 saturated heterocycles. The van der Waals surface area contributed by atoms with Crippen molar-refractivity contribution in [2.75, 3.05) is 6.26 Å². The van der Waals surface area contributed by atoms with E-state index < -0.39 is 22.0 Å². The van der Waals surface area contributed by atoms with E-state index in [0.717, 1.165) is 16.6 Å². The van der Waals surface area contributed by atoms with Crippen LogP contribution in [0.15, 0.2) is 18.2 Å². The summed E-state index contributed by atoms with van der Waals surface area (Å²) < 4.78 is 40.5. The lowest BCUT2D eigenvalue weighted by molar-refractivity contribution is 0.226. The van der Waals surface area contributed by atoms with Crippen LogP contribution in [0, 0.1) is 12.7 Å². The van der Waals surface area contributed by atoms with E-state index in [1.807, 2.05) is 0 Å². The average Bonchev–Trinajstić information content (AvgIpc) is 2.79. The van der Waals surface area contributed by atoms with Crippen LogP contribution in [-0.4, -0.2) is 34.9 Å². The molecule has 0 aliphatic heterocycles. The van der Waals surface area contributed by atoms with Crippen LogP contribution < -0.4 is 0 Å². The topological polar surface area (TPSA) is 87.0 Å². The van der Waals surface area contributed by atoms with Crippen molar-refractivity contribution in [3.8, 4) is 5.69 Å². The zero-order valence-corrected chi connectivity index (χ0v) is 11.9. The quantitative estimate of drug-likeness (QED) is 0.787. The fourth-order valence-corrected chi connectivity index (χ4v) is 2.18. The highest BCUT2D eigenvalue weighted by atomic mass is 32.2. The predicted octanol–water partition coefficient (Wildman–Crippen LogP) is 1.15. The molecule has 1 unspecified atom stereocenters. The molecule has 2 aromatic rings. The molecule has 0 amide bonds. The first kappa shape index (κ1) is 14.5. The van der Waals surface area contributed by atoms with Gasteiger partial charge in [0.05, 0.1) is 6.26 Å². The molecule has 7 nitrogen and oxygen atoms in total. The maximum atomic E-state index is 13.7. The fraction of sp³-hybridized carbons (Fsp3) is 0.364. The van der Waals surface area contributed by atoms with Crippen molar-refractivity contribution in [2.45, 2.75) is 20.0 Å². The number of halogens is 1. The van der Waals surface area contributed by atoms with Gasteiger partial charge in [0.15, 0.2) is 5.82 Å². The Morgan fingerprint density at radius 2 is 2.10 bits per heavy atom. The van der Waals surface area contributed by atoms with Gasteiger partial charge >= 0.3 is 0 Å². The van der Waals surface area contributed by atoms with Crippen LogP contribution in [0.5, 0.6) is 0 Å². The second-order valence-electron chi connectivity index (χ2n) is 4.33. The van der Waals surface area contributed by atoms with Crippen LogP contribution in [-0.2, 0) is 14.3 Å². The number of rotatable bonds is 4. The van der Waals surface area contributed by atoms with E-state index in [2.05, 4.69) is 15.4 Å². The molecule has 1 aromatic carbocycles. The second-order valence-corrected chi connectivity index (χ2v) is 5.94. The molecular formula is C11H13FN4O3S. The molecule has 0 bridgehead atoms. The largest absolute Gasteiger partial charge is 0.265 e. The lowest BCUT2D eigenvalue weighted by atomic mass is 10.2. The van der Waals surface area contributed by atoms with Crippen molar-refractivity contribution in [2.24, 2.45) is 0 Å². The molecule has 0 saturated carbocycles. The summed E-state index contributed by atoms with van der Waals surface area (Å²) in [5, 5.41) is 11.3. The van der Waals surface area contributed by atoms with Crippen molar-refractivity contribution in [3.05, 3.63) is 35.4 Å². The monoisotopic (exact) mass is 300 g/mol. The number of hydrogen-bond acceptors (Lipinski definition) is 6. The summed E-state index contributed by atoms with van der Waals surface area (Å²) >= 11 is 0. The maximum absolute atomic E-state index is 13.7. The van der Waals surface area contributed by atoms with Crippen LogP contribution >= 0.6 is 0 Å². The van der Waals surface area contributed by atoms with Crippen molar-refractivity contribution in [1.29, 1.82) is 0 Å². The first-order valence-corrected chi connectivity index (χ1v) is 7.52. The summed E-state index contributed by atoms with van der Waals surface area (Å²) in [6.07, 6.45) is 0.0281. The number of nitrogens with zero attached hydrogens (tertiary/aromatic N) is 4. The van der Waals surface area contributed by atoms with Crippen molar-refractivity contribution < 1.29 is 17.0 Å². The van der Waals surface area contributed by atoms with E-state index in [1.54, 1.807) is 19.1 Å². The van der Waals surface area contributed by atoms with Gasteiger partial charge in [0.1, 0.15) is 11.8 Å². The summed E-state index contributed by atoms with van der Waals surface area (Å²) in [6, 6.07) is 4.47. The minimum absolute atomic E-state index is 0.0522. The lowest BCUT2D eigenvalue weighted by Gasteiger charge is -2.05. The molecule has 0 aliphatic carbocycles.